The molecule has 0 spiro atoms. The molecule has 72 valence electrons. The Morgan fingerprint density at radius 1 is 1.43 bits per heavy atom. The highest BCUT2D eigenvalue weighted by Gasteiger charge is 2.20. The number of rotatable bonds is 1. The molecular formula is C9H8N2O2S. The Hall–Kier alpha value is -1.62. The summed E-state index contributed by atoms with van der Waals surface area (Å²) < 4.78 is 5.29. The van der Waals surface area contributed by atoms with Crippen LogP contribution in [0.5, 0.6) is 0 Å². The van der Waals surface area contributed by atoms with Crippen LogP contribution in [0.2, 0.25) is 0 Å². The second-order valence-corrected chi connectivity index (χ2v) is 3.32. The smallest absolute Gasteiger partial charge is 0.274 e. The Morgan fingerprint density at radius 2 is 2.21 bits per heavy atom. The largest absolute Gasteiger partial charge is 0.462 e. The number of carbonyl (C=O) groups excluding carboxylic acids is 1. The van der Waals surface area contributed by atoms with E-state index in [9.17, 15) is 4.79 Å². The number of furan rings is 1. The molecule has 2 heterocycles. The first kappa shape index (κ1) is 8.96. The van der Waals surface area contributed by atoms with Crippen molar-refractivity contribution in [2.45, 2.75) is 6.92 Å². The summed E-state index contributed by atoms with van der Waals surface area (Å²) in [4.78, 5) is 11.2. The fraction of sp³-hybridized carbons (Fsp3) is 0.111. The van der Waals surface area contributed by atoms with E-state index in [0.29, 0.717) is 16.6 Å². The van der Waals surface area contributed by atoms with Gasteiger partial charge in [-0.2, -0.15) is 0 Å². The molecule has 0 bridgehead atoms. The molecule has 1 fully saturated rings. The van der Waals surface area contributed by atoms with Gasteiger partial charge >= 0.3 is 0 Å². The summed E-state index contributed by atoms with van der Waals surface area (Å²) in [6.07, 6.45) is 1.61. The molecule has 4 nitrogen and oxygen atoms in total. The molecule has 0 saturated carbocycles. The van der Waals surface area contributed by atoms with E-state index in [4.69, 9.17) is 16.6 Å². The van der Waals surface area contributed by atoms with E-state index in [1.165, 1.54) is 0 Å². The monoisotopic (exact) mass is 208 g/mol. The number of nitrogens with one attached hydrogen (secondary N) is 2. The van der Waals surface area contributed by atoms with Crippen LogP contribution < -0.4 is 10.6 Å². The van der Waals surface area contributed by atoms with E-state index in [0.717, 1.165) is 5.76 Å². The Balaban J connectivity index is 2.27. The number of amides is 1. The summed E-state index contributed by atoms with van der Waals surface area (Å²) in [5.41, 5.74) is 0.407. The van der Waals surface area contributed by atoms with Crippen LogP contribution in [0.1, 0.15) is 11.5 Å². The maximum Gasteiger partial charge on any atom is 0.274 e. The highest BCUT2D eigenvalue weighted by Crippen LogP contribution is 2.11. The van der Waals surface area contributed by atoms with Crippen LogP contribution in [0, 0.1) is 6.92 Å². The lowest BCUT2D eigenvalue weighted by atomic mass is 10.3. The Bertz CT molecular complexity index is 434. The molecule has 1 saturated heterocycles. The van der Waals surface area contributed by atoms with E-state index in [1.54, 1.807) is 12.1 Å². The van der Waals surface area contributed by atoms with Crippen LogP contribution in [0.3, 0.4) is 0 Å². The number of thiocarbonyl (C=S) groups is 1. The van der Waals surface area contributed by atoms with E-state index < -0.39 is 0 Å². The van der Waals surface area contributed by atoms with Gasteiger partial charge in [0.25, 0.3) is 5.91 Å². The normalized spacial score (nSPS) is 18.5. The van der Waals surface area contributed by atoms with Crippen molar-refractivity contribution in [3.8, 4) is 0 Å². The predicted molar refractivity (Wildman–Crippen MR) is 55.3 cm³/mol. The first-order chi connectivity index (χ1) is 6.65. The molecule has 5 heteroatoms. The fourth-order valence-corrected chi connectivity index (χ4v) is 1.36. The summed E-state index contributed by atoms with van der Waals surface area (Å²) >= 11 is 4.78. The third-order valence-corrected chi connectivity index (χ3v) is 1.97. The molecule has 1 aromatic heterocycles. The van der Waals surface area contributed by atoms with Gasteiger partial charge in [-0.25, -0.2) is 0 Å². The standard InChI is InChI=1S/C9H8N2O2S/c1-5-2-3-6(13-5)4-7-8(12)11-9(14)10-7/h2-4H,1H3,(H2,10,11,12,14)/b7-4+. The molecule has 0 aliphatic carbocycles. The minimum Gasteiger partial charge on any atom is -0.462 e. The molecule has 2 N–H and O–H groups in total. The van der Waals surface area contributed by atoms with Crippen molar-refractivity contribution in [1.29, 1.82) is 0 Å². The van der Waals surface area contributed by atoms with E-state index in [2.05, 4.69) is 10.6 Å². The topological polar surface area (TPSA) is 54.3 Å². The molecule has 1 aliphatic rings. The molecule has 2 rings (SSSR count). The van der Waals surface area contributed by atoms with Crippen LogP contribution in [0.15, 0.2) is 22.2 Å². The van der Waals surface area contributed by atoms with Crippen molar-refractivity contribution in [2.75, 3.05) is 0 Å². The summed E-state index contributed by atoms with van der Waals surface area (Å²) in [7, 11) is 0. The zero-order valence-corrected chi connectivity index (χ0v) is 8.27. The molecule has 0 aromatic carbocycles. The lowest BCUT2D eigenvalue weighted by molar-refractivity contribution is -0.115. The maximum atomic E-state index is 11.2. The number of carbonyl (C=O) groups is 1. The molecular weight excluding hydrogens is 200 g/mol. The van der Waals surface area contributed by atoms with E-state index in [1.807, 2.05) is 13.0 Å². The number of hydrogen-bond acceptors (Lipinski definition) is 3. The van der Waals surface area contributed by atoms with E-state index >= 15 is 0 Å². The zero-order chi connectivity index (χ0) is 10.1. The van der Waals surface area contributed by atoms with Gasteiger partial charge in [-0.1, -0.05) is 0 Å². The molecule has 0 radical (unpaired) electrons. The Kier molecular flexibility index (Phi) is 2.09. The predicted octanol–water partition coefficient (Wildman–Crippen LogP) is 0.933. The van der Waals surface area contributed by atoms with Gasteiger partial charge in [0.1, 0.15) is 17.2 Å². The Morgan fingerprint density at radius 3 is 2.71 bits per heavy atom. The molecule has 14 heavy (non-hydrogen) atoms. The minimum absolute atomic E-state index is 0.232. The summed E-state index contributed by atoms with van der Waals surface area (Å²) in [6.45, 7) is 1.84. The fourth-order valence-electron chi connectivity index (χ4n) is 1.16. The molecule has 0 atom stereocenters. The van der Waals surface area contributed by atoms with Gasteiger partial charge in [0.15, 0.2) is 5.11 Å². The zero-order valence-electron chi connectivity index (χ0n) is 7.46. The van der Waals surface area contributed by atoms with Crippen molar-refractivity contribution >= 4 is 29.3 Å². The second kappa shape index (κ2) is 3.26. The second-order valence-electron chi connectivity index (χ2n) is 2.91. The van der Waals surface area contributed by atoms with Gasteiger partial charge in [0.05, 0.1) is 0 Å². The van der Waals surface area contributed by atoms with Gasteiger partial charge in [-0.15, -0.1) is 0 Å². The molecule has 1 aromatic rings. The third-order valence-electron chi connectivity index (χ3n) is 1.77. The summed E-state index contributed by atoms with van der Waals surface area (Å²) in [5, 5.41) is 5.52. The molecule has 0 unspecified atom stereocenters. The van der Waals surface area contributed by atoms with Gasteiger partial charge in [-0.05, 0) is 31.3 Å². The first-order valence-electron chi connectivity index (χ1n) is 4.05. The van der Waals surface area contributed by atoms with Crippen molar-refractivity contribution < 1.29 is 9.21 Å². The van der Waals surface area contributed by atoms with Gasteiger partial charge in [0, 0.05) is 6.08 Å². The molecule has 1 aliphatic heterocycles. The van der Waals surface area contributed by atoms with Crippen molar-refractivity contribution in [1.82, 2.24) is 10.6 Å². The van der Waals surface area contributed by atoms with Gasteiger partial charge in [-0.3, -0.25) is 10.1 Å². The maximum absolute atomic E-state index is 11.2. The average Bonchev–Trinajstić information content (AvgIpc) is 2.61. The average molecular weight is 208 g/mol. The summed E-state index contributed by atoms with van der Waals surface area (Å²) in [5.74, 6) is 1.20. The summed E-state index contributed by atoms with van der Waals surface area (Å²) in [6, 6.07) is 3.62. The van der Waals surface area contributed by atoms with Crippen molar-refractivity contribution in [2.24, 2.45) is 0 Å². The van der Waals surface area contributed by atoms with Gasteiger partial charge < -0.3 is 9.73 Å². The van der Waals surface area contributed by atoms with Crippen LogP contribution >= 0.6 is 12.2 Å². The van der Waals surface area contributed by atoms with Gasteiger partial charge in [0.2, 0.25) is 0 Å². The Labute approximate surface area is 86.0 Å². The number of aryl methyl sites for hydroxylation is 1. The SMILES string of the molecule is Cc1ccc(/C=C2/NC(=S)NC2=O)o1. The number of hydrogen-bond donors (Lipinski definition) is 2. The first-order valence-corrected chi connectivity index (χ1v) is 4.46. The lowest BCUT2D eigenvalue weighted by Crippen LogP contribution is -2.21. The lowest BCUT2D eigenvalue weighted by Gasteiger charge is -1.91. The van der Waals surface area contributed by atoms with Crippen LogP contribution in [-0.2, 0) is 4.79 Å². The van der Waals surface area contributed by atoms with Crippen molar-refractivity contribution in [3.05, 3.63) is 29.4 Å². The minimum atomic E-state index is -0.232. The quantitative estimate of drug-likeness (QED) is 0.532. The molecule has 1 amide bonds. The van der Waals surface area contributed by atoms with Crippen molar-refractivity contribution in [3.63, 3.8) is 0 Å². The highest BCUT2D eigenvalue weighted by molar-refractivity contribution is 7.80. The highest BCUT2D eigenvalue weighted by atomic mass is 32.1. The van der Waals surface area contributed by atoms with Crippen LogP contribution in [0.4, 0.5) is 0 Å². The van der Waals surface area contributed by atoms with Crippen LogP contribution in [-0.4, -0.2) is 11.0 Å². The van der Waals surface area contributed by atoms with E-state index in [-0.39, 0.29) is 5.91 Å². The van der Waals surface area contributed by atoms with Crippen LogP contribution in [0.25, 0.3) is 6.08 Å². The third kappa shape index (κ3) is 1.67.